The number of rotatable bonds is 4. The summed E-state index contributed by atoms with van der Waals surface area (Å²) in [4.78, 5) is 0. The number of alkyl halides is 1. The average molecular weight is 265 g/mol. The Labute approximate surface area is 112 Å². The van der Waals surface area contributed by atoms with Gasteiger partial charge in [0.15, 0.2) is 5.82 Å². The molecule has 0 saturated carbocycles. The van der Waals surface area contributed by atoms with Gasteiger partial charge in [0.2, 0.25) is 0 Å². The van der Waals surface area contributed by atoms with Gasteiger partial charge in [-0.05, 0) is 34.4 Å². The molecule has 2 aromatic rings. The predicted octanol–water partition coefficient (Wildman–Crippen LogP) is 3.14. The highest BCUT2D eigenvalue weighted by atomic mass is 35.5. The van der Waals surface area contributed by atoms with E-state index in [9.17, 15) is 0 Å². The summed E-state index contributed by atoms with van der Waals surface area (Å²) >= 11 is 6.02. The fourth-order valence-electron chi connectivity index (χ4n) is 1.79. The first kappa shape index (κ1) is 13.0. The lowest BCUT2D eigenvalue weighted by molar-refractivity contribution is 0.618. The van der Waals surface area contributed by atoms with Gasteiger partial charge in [0.1, 0.15) is 0 Å². The quantitative estimate of drug-likeness (QED) is 0.797. The molecule has 0 amide bonds. The van der Waals surface area contributed by atoms with Crippen LogP contribution in [0.1, 0.15) is 49.0 Å². The third-order valence-electron chi connectivity index (χ3n) is 2.89. The number of hydrogen-bond donors (Lipinski definition) is 0. The van der Waals surface area contributed by atoms with Crippen LogP contribution < -0.4 is 0 Å². The lowest BCUT2D eigenvalue weighted by atomic mass is 10.0. The molecule has 0 radical (unpaired) electrons. The van der Waals surface area contributed by atoms with Crippen molar-refractivity contribution in [3.05, 3.63) is 41.2 Å². The highest BCUT2D eigenvalue weighted by molar-refractivity contribution is 6.20. The van der Waals surface area contributed by atoms with Gasteiger partial charge >= 0.3 is 0 Å². The standard InChI is InChI=1S/C13H17ClN4/c1-9(2)12-6-4-11(5-7-12)8-18-13(10(3)14)15-16-17-18/h4-7,9-10H,8H2,1-3H3. The van der Waals surface area contributed by atoms with Crippen molar-refractivity contribution < 1.29 is 0 Å². The molecular formula is C13H17ClN4. The van der Waals surface area contributed by atoms with E-state index < -0.39 is 0 Å². The zero-order valence-corrected chi connectivity index (χ0v) is 11.6. The topological polar surface area (TPSA) is 43.6 Å². The average Bonchev–Trinajstić information content (AvgIpc) is 2.78. The molecule has 1 heterocycles. The van der Waals surface area contributed by atoms with Crippen LogP contribution in [0.3, 0.4) is 0 Å². The molecule has 0 aliphatic heterocycles. The number of tetrazole rings is 1. The number of benzene rings is 1. The lowest BCUT2D eigenvalue weighted by Gasteiger charge is -2.08. The first-order valence-electron chi connectivity index (χ1n) is 6.07. The highest BCUT2D eigenvalue weighted by Crippen LogP contribution is 2.18. The molecule has 0 bridgehead atoms. The summed E-state index contributed by atoms with van der Waals surface area (Å²) in [6, 6.07) is 8.52. The van der Waals surface area contributed by atoms with Crippen LogP contribution >= 0.6 is 11.6 Å². The number of hydrogen-bond acceptors (Lipinski definition) is 3. The molecule has 4 nitrogen and oxygen atoms in total. The molecule has 5 heteroatoms. The van der Waals surface area contributed by atoms with Crippen molar-refractivity contribution in [2.24, 2.45) is 0 Å². The van der Waals surface area contributed by atoms with Crippen molar-refractivity contribution in [1.82, 2.24) is 20.2 Å². The second-order valence-corrected chi connectivity index (χ2v) is 5.36. The van der Waals surface area contributed by atoms with Crippen LogP contribution in [0.5, 0.6) is 0 Å². The minimum absolute atomic E-state index is 0.185. The molecule has 0 N–H and O–H groups in total. The molecule has 0 fully saturated rings. The third kappa shape index (κ3) is 2.88. The van der Waals surface area contributed by atoms with Crippen molar-refractivity contribution in [1.29, 1.82) is 0 Å². The predicted molar refractivity (Wildman–Crippen MR) is 71.7 cm³/mol. The van der Waals surface area contributed by atoms with Gasteiger partial charge in [0, 0.05) is 0 Å². The fraction of sp³-hybridized carbons (Fsp3) is 0.462. The monoisotopic (exact) mass is 264 g/mol. The van der Waals surface area contributed by atoms with Crippen molar-refractivity contribution in [2.45, 2.75) is 38.6 Å². The summed E-state index contributed by atoms with van der Waals surface area (Å²) in [6.45, 7) is 6.89. The van der Waals surface area contributed by atoms with Gasteiger partial charge in [-0.2, -0.15) is 0 Å². The Hall–Kier alpha value is -1.42. The number of aromatic nitrogens is 4. The maximum atomic E-state index is 6.02. The Kier molecular flexibility index (Phi) is 3.97. The number of halogens is 1. The highest BCUT2D eigenvalue weighted by Gasteiger charge is 2.11. The molecular weight excluding hydrogens is 248 g/mol. The van der Waals surface area contributed by atoms with Crippen LogP contribution in [0, 0.1) is 0 Å². The van der Waals surface area contributed by atoms with Crippen LogP contribution in [0.15, 0.2) is 24.3 Å². The number of nitrogens with zero attached hydrogens (tertiary/aromatic N) is 4. The Morgan fingerprint density at radius 3 is 2.39 bits per heavy atom. The van der Waals surface area contributed by atoms with Crippen molar-refractivity contribution >= 4 is 11.6 Å². The van der Waals surface area contributed by atoms with Gasteiger partial charge in [-0.1, -0.05) is 38.1 Å². The molecule has 0 aliphatic carbocycles. The normalized spacial score (nSPS) is 12.9. The molecule has 0 aliphatic rings. The SMILES string of the molecule is CC(C)c1ccc(Cn2nnnc2C(C)Cl)cc1. The summed E-state index contributed by atoms with van der Waals surface area (Å²) in [7, 11) is 0. The Morgan fingerprint density at radius 1 is 1.17 bits per heavy atom. The van der Waals surface area contributed by atoms with Crippen molar-refractivity contribution in [3.8, 4) is 0 Å². The molecule has 18 heavy (non-hydrogen) atoms. The zero-order chi connectivity index (χ0) is 13.1. The van der Waals surface area contributed by atoms with E-state index in [1.165, 1.54) is 11.1 Å². The van der Waals surface area contributed by atoms with Crippen LogP contribution in [0.25, 0.3) is 0 Å². The van der Waals surface area contributed by atoms with Gasteiger partial charge in [-0.25, -0.2) is 4.68 Å². The van der Waals surface area contributed by atoms with E-state index in [0.717, 1.165) is 0 Å². The summed E-state index contributed by atoms with van der Waals surface area (Å²) in [6.07, 6.45) is 0. The summed E-state index contributed by atoms with van der Waals surface area (Å²) in [5.74, 6) is 1.25. The Bertz CT molecular complexity index is 502. The van der Waals surface area contributed by atoms with E-state index in [-0.39, 0.29) is 5.38 Å². The van der Waals surface area contributed by atoms with Crippen LogP contribution in [0.2, 0.25) is 0 Å². The first-order chi connectivity index (χ1) is 8.58. The first-order valence-corrected chi connectivity index (χ1v) is 6.50. The van der Waals surface area contributed by atoms with Crippen molar-refractivity contribution in [2.75, 3.05) is 0 Å². The largest absolute Gasteiger partial charge is 0.224 e. The second-order valence-electron chi connectivity index (χ2n) is 4.71. The summed E-state index contributed by atoms with van der Waals surface area (Å²) < 4.78 is 1.74. The smallest absolute Gasteiger partial charge is 0.169 e. The second kappa shape index (κ2) is 5.48. The van der Waals surface area contributed by atoms with E-state index in [1.807, 2.05) is 6.92 Å². The molecule has 1 unspecified atom stereocenters. The Morgan fingerprint density at radius 2 is 1.83 bits per heavy atom. The van der Waals surface area contributed by atoms with Crippen molar-refractivity contribution in [3.63, 3.8) is 0 Å². The fourth-order valence-corrected chi connectivity index (χ4v) is 1.95. The molecule has 1 aromatic heterocycles. The van der Waals surface area contributed by atoms with Gasteiger partial charge in [-0.3, -0.25) is 0 Å². The van der Waals surface area contributed by atoms with Crippen LogP contribution in [-0.2, 0) is 6.54 Å². The van der Waals surface area contributed by atoms with Gasteiger partial charge < -0.3 is 0 Å². The molecule has 0 saturated heterocycles. The van der Waals surface area contributed by atoms with Gasteiger partial charge in [-0.15, -0.1) is 16.7 Å². The lowest BCUT2D eigenvalue weighted by Crippen LogP contribution is -2.07. The van der Waals surface area contributed by atoms with E-state index in [4.69, 9.17) is 11.6 Å². The summed E-state index contributed by atoms with van der Waals surface area (Å²) in [5, 5.41) is 11.4. The molecule has 1 atom stereocenters. The van der Waals surface area contributed by atoms with Crippen LogP contribution in [-0.4, -0.2) is 20.2 Å². The van der Waals surface area contributed by atoms with Crippen LogP contribution in [0.4, 0.5) is 0 Å². The van der Waals surface area contributed by atoms with E-state index >= 15 is 0 Å². The molecule has 96 valence electrons. The zero-order valence-electron chi connectivity index (χ0n) is 10.8. The van der Waals surface area contributed by atoms with Gasteiger partial charge in [0.25, 0.3) is 0 Å². The summed E-state index contributed by atoms with van der Waals surface area (Å²) in [5.41, 5.74) is 2.51. The molecule has 0 spiro atoms. The van der Waals surface area contributed by atoms with Gasteiger partial charge in [0.05, 0.1) is 11.9 Å². The Balaban J connectivity index is 2.16. The van der Waals surface area contributed by atoms with E-state index in [2.05, 4.69) is 53.6 Å². The minimum atomic E-state index is -0.185. The molecule has 1 aromatic carbocycles. The third-order valence-corrected chi connectivity index (χ3v) is 3.09. The van der Waals surface area contributed by atoms with E-state index in [0.29, 0.717) is 18.3 Å². The molecule has 2 rings (SSSR count). The maximum Gasteiger partial charge on any atom is 0.169 e. The maximum absolute atomic E-state index is 6.02. The van der Waals surface area contributed by atoms with E-state index in [1.54, 1.807) is 4.68 Å². The minimum Gasteiger partial charge on any atom is -0.224 e.